The number of carbonyl (C=O) groups is 2. The lowest BCUT2D eigenvalue weighted by molar-refractivity contribution is 0.0589. The quantitative estimate of drug-likeness (QED) is 0.790. The lowest BCUT2D eigenvalue weighted by Gasteiger charge is -2.10. The van der Waals surface area contributed by atoms with Crippen molar-refractivity contribution in [3.63, 3.8) is 0 Å². The second kappa shape index (κ2) is 7.31. The molecular formula is C17H16O6. The molecule has 0 N–H and O–H groups in total. The number of methoxy groups -OCH3 is 3. The molecule has 0 radical (unpaired) electrons. The average Bonchev–Trinajstić information content (AvgIpc) is 2.61. The Bertz CT molecular complexity index is 706. The normalized spacial score (nSPS) is 9.87. The van der Waals surface area contributed by atoms with Crippen LogP contribution in [0.5, 0.6) is 17.2 Å². The summed E-state index contributed by atoms with van der Waals surface area (Å²) < 4.78 is 20.1. The summed E-state index contributed by atoms with van der Waals surface area (Å²) in [6.07, 6.45) is 0. The minimum absolute atomic E-state index is 0.263. The molecule has 23 heavy (non-hydrogen) atoms. The van der Waals surface area contributed by atoms with E-state index in [1.807, 2.05) is 0 Å². The monoisotopic (exact) mass is 316 g/mol. The maximum Gasteiger partial charge on any atom is 0.341 e. The number of rotatable bonds is 5. The van der Waals surface area contributed by atoms with Crippen LogP contribution in [-0.4, -0.2) is 33.3 Å². The van der Waals surface area contributed by atoms with E-state index in [0.717, 1.165) is 0 Å². The van der Waals surface area contributed by atoms with Gasteiger partial charge in [-0.15, -0.1) is 0 Å². The number of carbonyl (C=O) groups excluding carboxylic acids is 2. The van der Waals surface area contributed by atoms with E-state index in [-0.39, 0.29) is 5.56 Å². The van der Waals surface area contributed by atoms with Crippen molar-refractivity contribution in [2.24, 2.45) is 0 Å². The summed E-state index contributed by atoms with van der Waals surface area (Å²) in [5.74, 6) is 0.406. The van der Waals surface area contributed by atoms with Crippen molar-refractivity contribution < 1.29 is 28.5 Å². The highest BCUT2D eigenvalue weighted by Crippen LogP contribution is 2.28. The van der Waals surface area contributed by atoms with Crippen LogP contribution in [0.2, 0.25) is 0 Å². The molecule has 0 fully saturated rings. The van der Waals surface area contributed by atoms with Crippen LogP contribution in [-0.2, 0) is 9.47 Å². The SMILES string of the molecule is COC(=O)c1ccc(Oc2ccc(OC)c(C(=O)OC)c2)cc1. The van der Waals surface area contributed by atoms with Gasteiger partial charge in [0, 0.05) is 0 Å². The number of esters is 2. The standard InChI is InChI=1S/C17H16O6/c1-20-15-9-8-13(10-14(15)17(19)22-3)23-12-6-4-11(5-7-12)16(18)21-2/h4-10H,1-3H3. The van der Waals surface area contributed by atoms with E-state index in [0.29, 0.717) is 22.8 Å². The number of hydrogen-bond acceptors (Lipinski definition) is 6. The van der Waals surface area contributed by atoms with Crippen LogP contribution in [0.3, 0.4) is 0 Å². The van der Waals surface area contributed by atoms with Gasteiger partial charge in [-0.2, -0.15) is 0 Å². The van der Waals surface area contributed by atoms with Gasteiger partial charge in [0.25, 0.3) is 0 Å². The van der Waals surface area contributed by atoms with Gasteiger partial charge >= 0.3 is 11.9 Å². The fourth-order valence-electron chi connectivity index (χ4n) is 1.93. The second-order valence-electron chi connectivity index (χ2n) is 4.47. The highest BCUT2D eigenvalue weighted by Gasteiger charge is 2.14. The minimum Gasteiger partial charge on any atom is -0.496 e. The van der Waals surface area contributed by atoms with Crippen LogP contribution in [0.1, 0.15) is 20.7 Å². The molecule has 0 aromatic heterocycles. The summed E-state index contributed by atoms with van der Waals surface area (Å²) in [7, 11) is 4.08. The molecule has 2 aromatic carbocycles. The molecule has 0 heterocycles. The molecule has 0 atom stereocenters. The Kier molecular flexibility index (Phi) is 5.19. The zero-order valence-electron chi connectivity index (χ0n) is 13.0. The van der Waals surface area contributed by atoms with Crippen LogP contribution >= 0.6 is 0 Å². The predicted octanol–water partition coefficient (Wildman–Crippen LogP) is 3.06. The number of benzene rings is 2. The first kappa shape index (κ1) is 16.4. The van der Waals surface area contributed by atoms with E-state index in [2.05, 4.69) is 4.74 Å². The Hall–Kier alpha value is -3.02. The summed E-state index contributed by atoms with van der Waals surface area (Å²) in [6, 6.07) is 11.3. The first-order valence-electron chi connectivity index (χ1n) is 6.71. The molecule has 0 bridgehead atoms. The van der Waals surface area contributed by atoms with E-state index in [9.17, 15) is 9.59 Å². The highest BCUT2D eigenvalue weighted by molar-refractivity contribution is 5.93. The van der Waals surface area contributed by atoms with Gasteiger partial charge in [-0.1, -0.05) is 0 Å². The van der Waals surface area contributed by atoms with Gasteiger partial charge in [0.1, 0.15) is 22.8 Å². The largest absolute Gasteiger partial charge is 0.496 e. The molecule has 0 aliphatic heterocycles. The van der Waals surface area contributed by atoms with Crippen molar-refractivity contribution in [1.82, 2.24) is 0 Å². The molecule has 0 amide bonds. The van der Waals surface area contributed by atoms with E-state index in [1.54, 1.807) is 36.4 Å². The summed E-state index contributed by atoms with van der Waals surface area (Å²) in [4.78, 5) is 23.1. The van der Waals surface area contributed by atoms with Gasteiger partial charge in [-0.3, -0.25) is 0 Å². The van der Waals surface area contributed by atoms with Gasteiger partial charge < -0.3 is 18.9 Å². The van der Waals surface area contributed by atoms with Crippen molar-refractivity contribution in [2.75, 3.05) is 21.3 Å². The second-order valence-corrected chi connectivity index (χ2v) is 4.47. The van der Waals surface area contributed by atoms with Gasteiger partial charge in [-0.25, -0.2) is 9.59 Å². The van der Waals surface area contributed by atoms with Crippen LogP contribution in [0.25, 0.3) is 0 Å². The Morgan fingerprint density at radius 1 is 0.783 bits per heavy atom. The highest BCUT2D eigenvalue weighted by atomic mass is 16.5. The molecular weight excluding hydrogens is 300 g/mol. The van der Waals surface area contributed by atoms with Crippen LogP contribution in [0.15, 0.2) is 42.5 Å². The first-order chi connectivity index (χ1) is 11.1. The third kappa shape index (κ3) is 3.79. The number of hydrogen-bond donors (Lipinski definition) is 0. The lowest BCUT2D eigenvalue weighted by Crippen LogP contribution is -2.04. The maximum atomic E-state index is 11.7. The summed E-state index contributed by atoms with van der Waals surface area (Å²) in [5.41, 5.74) is 0.684. The molecule has 6 heteroatoms. The van der Waals surface area contributed by atoms with Crippen molar-refractivity contribution in [1.29, 1.82) is 0 Å². The fraction of sp³-hybridized carbons (Fsp3) is 0.176. The van der Waals surface area contributed by atoms with Gasteiger partial charge in [0.2, 0.25) is 0 Å². The number of ether oxygens (including phenoxy) is 4. The molecule has 120 valence electrons. The topological polar surface area (TPSA) is 71.1 Å². The maximum absolute atomic E-state index is 11.7. The molecule has 0 unspecified atom stereocenters. The summed E-state index contributed by atoms with van der Waals surface area (Å²) in [5, 5.41) is 0. The third-order valence-electron chi connectivity index (χ3n) is 3.09. The lowest BCUT2D eigenvalue weighted by atomic mass is 10.2. The van der Waals surface area contributed by atoms with E-state index < -0.39 is 11.9 Å². The molecule has 0 saturated carbocycles. The molecule has 0 saturated heterocycles. The van der Waals surface area contributed by atoms with Gasteiger partial charge in [0.15, 0.2) is 0 Å². The molecule has 0 spiro atoms. The molecule has 0 aliphatic rings. The first-order valence-corrected chi connectivity index (χ1v) is 6.71. The molecule has 2 rings (SSSR count). The van der Waals surface area contributed by atoms with Crippen molar-refractivity contribution >= 4 is 11.9 Å². The van der Waals surface area contributed by atoms with Crippen LogP contribution in [0.4, 0.5) is 0 Å². The van der Waals surface area contributed by atoms with Crippen LogP contribution in [0, 0.1) is 0 Å². The van der Waals surface area contributed by atoms with Crippen LogP contribution < -0.4 is 9.47 Å². The van der Waals surface area contributed by atoms with Crippen molar-refractivity contribution in [2.45, 2.75) is 0 Å². The van der Waals surface area contributed by atoms with E-state index in [4.69, 9.17) is 14.2 Å². The zero-order valence-corrected chi connectivity index (χ0v) is 13.0. The summed E-state index contributed by atoms with van der Waals surface area (Å²) in [6.45, 7) is 0. The predicted molar refractivity (Wildman–Crippen MR) is 82.2 cm³/mol. The van der Waals surface area contributed by atoms with Gasteiger partial charge in [0.05, 0.1) is 26.9 Å². The molecule has 6 nitrogen and oxygen atoms in total. The smallest absolute Gasteiger partial charge is 0.341 e. The van der Waals surface area contributed by atoms with Gasteiger partial charge in [-0.05, 0) is 42.5 Å². The Morgan fingerprint density at radius 3 is 1.96 bits per heavy atom. The molecule has 0 aliphatic carbocycles. The van der Waals surface area contributed by atoms with Crippen molar-refractivity contribution in [3.8, 4) is 17.2 Å². The van der Waals surface area contributed by atoms with E-state index in [1.165, 1.54) is 27.4 Å². The fourth-order valence-corrected chi connectivity index (χ4v) is 1.93. The third-order valence-corrected chi connectivity index (χ3v) is 3.09. The zero-order chi connectivity index (χ0) is 16.8. The van der Waals surface area contributed by atoms with Crippen molar-refractivity contribution in [3.05, 3.63) is 53.6 Å². The Morgan fingerprint density at radius 2 is 1.39 bits per heavy atom. The average molecular weight is 316 g/mol. The molecule has 2 aromatic rings. The Balaban J connectivity index is 2.23. The summed E-state index contributed by atoms with van der Waals surface area (Å²) >= 11 is 0. The minimum atomic E-state index is -0.520. The van der Waals surface area contributed by atoms with E-state index >= 15 is 0 Å². The Labute approximate surface area is 133 Å².